The molecule has 7 aliphatic rings. The van der Waals surface area contributed by atoms with Gasteiger partial charge in [-0.1, -0.05) is 12.5 Å². The molecule has 3 saturated heterocycles. The number of aliphatic hydroxyl groups excluding tert-OH is 1. The number of likely N-dealkylation sites (tertiary alicyclic amines) is 1. The molecule has 0 aromatic carbocycles. The third-order valence-electron chi connectivity index (χ3n) is 14.2. The number of guanidine groups is 1. The highest BCUT2D eigenvalue weighted by Crippen LogP contribution is 2.77. The van der Waals surface area contributed by atoms with E-state index in [0.29, 0.717) is 55.6 Å². The Morgan fingerprint density at radius 1 is 1.20 bits per heavy atom. The third kappa shape index (κ3) is 4.34. The lowest BCUT2D eigenvalue weighted by Gasteiger charge is -2.61. The number of carbonyl (C=O) groups is 1. The Hall–Kier alpha value is -1.56. The summed E-state index contributed by atoms with van der Waals surface area (Å²) in [5, 5.41) is 43.1. The molecule has 6 fully saturated rings. The number of aliphatic carboxylic acids is 1. The molecule has 0 amide bonds. The van der Waals surface area contributed by atoms with Crippen LogP contribution in [0, 0.1) is 40.4 Å². The molecule has 10 nitrogen and oxygen atoms in total. The molecule has 3 aliphatic heterocycles. The normalized spacial score (nSPS) is 48.6. The van der Waals surface area contributed by atoms with Gasteiger partial charge in [0.1, 0.15) is 5.60 Å². The smallest absolute Gasteiger partial charge is 0.293 e. The monoisotopic (exact) mass is 613 g/mol. The highest BCUT2D eigenvalue weighted by Gasteiger charge is 2.76. The fourth-order valence-electron chi connectivity index (χ4n) is 12.5. The molecule has 2 spiro atoms. The summed E-state index contributed by atoms with van der Waals surface area (Å²) in [6, 6.07) is 0.454. The predicted molar refractivity (Wildman–Crippen MR) is 164 cm³/mol. The number of carbonyl (C=O) groups excluding carboxylic acids is 1. The molecule has 0 radical (unpaired) electrons. The first-order valence-electron chi connectivity index (χ1n) is 17.7. The van der Waals surface area contributed by atoms with Crippen LogP contribution >= 0.6 is 0 Å². The summed E-state index contributed by atoms with van der Waals surface area (Å²) in [6.45, 7) is 6.36. The molecule has 12 atom stereocenters. The van der Waals surface area contributed by atoms with Gasteiger partial charge in [-0.3, -0.25) is 4.90 Å². The van der Waals surface area contributed by atoms with Crippen LogP contribution in [0.2, 0.25) is 0 Å². The van der Waals surface area contributed by atoms with E-state index in [2.05, 4.69) is 22.5 Å². The summed E-state index contributed by atoms with van der Waals surface area (Å²) in [7, 11) is 1.75. The Balaban J connectivity index is 1.31. The average molecular weight is 614 g/mol. The zero-order chi connectivity index (χ0) is 30.9. The highest BCUT2D eigenvalue weighted by atomic mass is 16.5. The van der Waals surface area contributed by atoms with Crippen molar-refractivity contribution in [3.8, 4) is 0 Å². The number of aliphatic hydroxyl groups is 2. The third-order valence-corrected chi connectivity index (χ3v) is 14.2. The standard InChI is InChI=1S/C34H55N5O5/c1-20-5-8-22-16-25-28(30(41)42)34(43,27-10-7-21-6-9-26-24(29(21)44-27)4-3-12-38-26)18-32(20,25)33(22)19-39(31(35)36-2)14-11-23(33)17-37-13-15-40/h20-24,26-27,29,37-38,40,43H,3-19H2,1-2H3,(H2,35,36)(H,41,42). The Kier molecular flexibility index (Phi) is 8.19. The second kappa shape index (κ2) is 11.6. The number of nitrogens with one attached hydrogen (secondary N) is 3. The minimum absolute atomic E-state index is 0.0615. The van der Waals surface area contributed by atoms with Crippen LogP contribution in [0.25, 0.3) is 0 Å². The Morgan fingerprint density at radius 3 is 2.80 bits per heavy atom. The van der Waals surface area contributed by atoms with Gasteiger partial charge in [-0.2, -0.15) is 0 Å². The Labute approximate surface area is 262 Å². The maximum absolute atomic E-state index is 13.3. The summed E-state index contributed by atoms with van der Waals surface area (Å²) >= 11 is 0. The van der Waals surface area contributed by atoms with E-state index in [1.165, 1.54) is 11.3 Å². The number of quaternary nitrogens is 1. The van der Waals surface area contributed by atoms with E-state index in [0.717, 1.165) is 76.7 Å². The fraction of sp³-hybridized carbons (Fsp3) is 0.882. The molecular formula is C34H55N5O5. The van der Waals surface area contributed by atoms with Gasteiger partial charge >= 0.3 is 0 Å². The Bertz CT molecular complexity index is 1190. The van der Waals surface area contributed by atoms with Crippen molar-refractivity contribution < 1.29 is 29.8 Å². The summed E-state index contributed by atoms with van der Waals surface area (Å²) in [6.07, 6.45) is 9.81. The van der Waals surface area contributed by atoms with E-state index in [1.807, 2.05) is 0 Å². The van der Waals surface area contributed by atoms with Crippen molar-refractivity contribution in [2.75, 3.05) is 46.4 Å². The summed E-state index contributed by atoms with van der Waals surface area (Å²) in [5.74, 6) is 1.06. The number of fused-ring (bicyclic) bond motifs is 3. The number of carboxylic acid groups (broad SMARTS) is 1. The van der Waals surface area contributed by atoms with Gasteiger partial charge in [-0.05, 0) is 101 Å². The molecule has 4 aliphatic carbocycles. The zero-order valence-electron chi connectivity index (χ0n) is 26.8. The maximum atomic E-state index is 13.3. The summed E-state index contributed by atoms with van der Waals surface area (Å²) in [4.78, 5) is 18.9. The average Bonchev–Trinajstić information content (AvgIpc) is 3.39. The molecule has 0 aromatic heterocycles. The van der Waals surface area contributed by atoms with Crippen LogP contribution in [0.15, 0.2) is 16.1 Å². The number of piperidine rings is 2. The minimum atomic E-state index is -1.58. The number of nitrogens with zero attached hydrogens (tertiary/aromatic N) is 1. The molecule has 12 unspecified atom stereocenters. The fourth-order valence-corrected chi connectivity index (χ4v) is 12.5. The van der Waals surface area contributed by atoms with Crippen molar-refractivity contribution in [3.05, 3.63) is 11.1 Å². The van der Waals surface area contributed by atoms with E-state index in [1.54, 1.807) is 7.05 Å². The number of hydrogen-bond acceptors (Lipinski definition) is 8. The van der Waals surface area contributed by atoms with Crippen LogP contribution < -0.4 is 26.4 Å². The van der Waals surface area contributed by atoms with Crippen LogP contribution in [0.1, 0.15) is 77.6 Å². The first kappa shape index (κ1) is 31.1. The molecule has 44 heavy (non-hydrogen) atoms. The lowest BCUT2D eigenvalue weighted by molar-refractivity contribution is -0.828. The van der Waals surface area contributed by atoms with Gasteiger partial charge in [0.05, 0.1) is 37.9 Å². The van der Waals surface area contributed by atoms with Crippen LogP contribution in [-0.4, -0.2) is 92.4 Å². The molecule has 7 N–H and O–H groups in total. The topological polar surface area (TPSA) is 157 Å². The van der Waals surface area contributed by atoms with E-state index >= 15 is 0 Å². The van der Waals surface area contributed by atoms with Crippen molar-refractivity contribution in [1.82, 2.24) is 10.6 Å². The van der Waals surface area contributed by atoms with Crippen LogP contribution in [0.4, 0.5) is 0 Å². The zero-order valence-corrected chi connectivity index (χ0v) is 26.8. The molecule has 246 valence electrons. The number of carboxylic acids is 1. The van der Waals surface area contributed by atoms with Gasteiger partial charge in [-0.25, -0.2) is 4.99 Å². The van der Waals surface area contributed by atoms with E-state index in [-0.39, 0.29) is 35.5 Å². The maximum Gasteiger partial charge on any atom is 0.293 e. The number of aliphatic imine (C=N–C) groups is 1. The van der Waals surface area contributed by atoms with Crippen LogP contribution in [0.5, 0.6) is 0 Å². The molecular weight excluding hydrogens is 558 g/mol. The van der Waals surface area contributed by atoms with Crippen molar-refractivity contribution in [2.45, 2.75) is 101 Å². The Morgan fingerprint density at radius 2 is 2.02 bits per heavy atom. The largest absolute Gasteiger partial charge is 0.545 e. The number of nitrogens with two attached hydrogens (primary N) is 1. The van der Waals surface area contributed by atoms with Gasteiger partial charge in [0.15, 0.2) is 0 Å². The summed E-state index contributed by atoms with van der Waals surface area (Å²) < 4.78 is 7.02. The van der Waals surface area contributed by atoms with Crippen molar-refractivity contribution in [1.29, 1.82) is 0 Å². The second-order valence-corrected chi connectivity index (χ2v) is 15.6. The van der Waals surface area contributed by atoms with Crippen molar-refractivity contribution in [2.24, 2.45) is 51.1 Å². The van der Waals surface area contributed by atoms with Crippen molar-refractivity contribution in [3.63, 3.8) is 0 Å². The number of ether oxygens (including phenoxy) is 1. The van der Waals surface area contributed by atoms with Gasteiger partial charge in [-0.15, -0.1) is 0 Å². The molecule has 3 saturated carbocycles. The van der Waals surface area contributed by atoms with E-state index < -0.39 is 23.1 Å². The molecule has 0 aromatic rings. The second-order valence-electron chi connectivity index (χ2n) is 15.6. The number of rotatable bonds is 6. The summed E-state index contributed by atoms with van der Waals surface area (Å²) in [5.41, 5.74) is 5.30. The minimum Gasteiger partial charge on any atom is -0.545 e. The van der Waals surface area contributed by atoms with Gasteiger partial charge in [0.25, 0.3) is 5.96 Å². The molecule has 2 bridgehead atoms. The van der Waals surface area contributed by atoms with Gasteiger partial charge < -0.3 is 41.2 Å². The number of hydrogen-bond donors (Lipinski definition) is 6. The first-order valence-corrected chi connectivity index (χ1v) is 17.7. The van der Waals surface area contributed by atoms with Crippen LogP contribution in [0.3, 0.4) is 0 Å². The van der Waals surface area contributed by atoms with E-state index in [4.69, 9.17) is 10.5 Å². The lowest BCUT2D eigenvalue weighted by atomic mass is 9.45. The first-order chi connectivity index (χ1) is 21.2. The van der Waals surface area contributed by atoms with E-state index in [9.17, 15) is 20.1 Å². The lowest BCUT2D eigenvalue weighted by Crippen LogP contribution is -3.19. The van der Waals surface area contributed by atoms with Crippen LogP contribution in [-0.2, 0) is 9.53 Å². The SMILES string of the molecule is CN=C(N)[NH+]1CCC(CNCCO)C2(C1)C1CCC(C)C23CC(O)(C2CCC4CCC5NCCCC5C4O2)C(C(=O)[O-])=C3C1. The highest BCUT2D eigenvalue weighted by molar-refractivity contribution is 5.90. The van der Waals surface area contributed by atoms with Gasteiger partial charge in [0.2, 0.25) is 0 Å². The van der Waals surface area contributed by atoms with Crippen molar-refractivity contribution >= 4 is 11.9 Å². The molecule has 7 rings (SSSR count). The molecule has 3 heterocycles. The quantitative estimate of drug-likeness (QED) is 0.131. The predicted octanol–water partition coefficient (Wildman–Crippen LogP) is -0.653. The molecule has 10 heteroatoms. The van der Waals surface area contributed by atoms with Gasteiger partial charge in [0, 0.05) is 48.4 Å². The number of allylic oxidation sites excluding steroid dienone is 1.